The summed E-state index contributed by atoms with van der Waals surface area (Å²) in [6.07, 6.45) is 0.801. The van der Waals surface area contributed by atoms with Gasteiger partial charge >= 0.3 is 0 Å². The molecular weight excluding hydrogens is 424 g/mol. The van der Waals surface area contributed by atoms with E-state index in [1.807, 2.05) is 18.2 Å². The van der Waals surface area contributed by atoms with Gasteiger partial charge in [-0.15, -0.1) is 0 Å². The van der Waals surface area contributed by atoms with E-state index in [4.69, 9.17) is 17.3 Å². The van der Waals surface area contributed by atoms with Crippen molar-refractivity contribution < 1.29 is 0 Å². The number of hydrogen-bond acceptors (Lipinski definition) is 1. The minimum absolute atomic E-state index is 0.0573. The maximum atomic E-state index is 6.24. The van der Waals surface area contributed by atoms with Crippen molar-refractivity contribution >= 4 is 50.1 Å². The van der Waals surface area contributed by atoms with Crippen LogP contribution in [0.25, 0.3) is 0 Å². The molecule has 0 aromatic heterocycles. The summed E-state index contributed by atoms with van der Waals surface area (Å²) in [5.74, 6) is 0. The predicted octanol–water partition coefficient (Wildman–Crippen LogP) is 4.95. The first-order valence-electron chi connectivity index (χ1n) is 5.51. The number of halogens is 3. The summed E-state index contributed by atoms with van der Waals surface area (Å²) in [5.41, 5.74) is 8.52. The molecule has 0 heterocycles. The molecule has 0 amide bonds. The standard InChI is InChI=1S/C14H12BrClIN/c15-13-6-3-10(16)8-12(13)14(18)7-9-1-4-11(17)5-2-9/h1-6,8,14H,7,18H2. The number of benzene rings is 2. The molecule has 18 heavy (non-hydrogen) atoms. The first-order valence-corrected chi connectivity index (χ1v) is 7.76. The molecule has 0 spiro atoms. The van der Waals surface area contributed by atoms with Crippen molar-refractivity contribution in [1.82, 2.24) is 0 Å². The fourth-order valence-corrected chi connectivity index (χ4v) is 2.86. The van der Waals surface area contributed by atoms with Gasteiger partial charge in [0.05, 0.1) is 0 Å². The molecule has 0 aliphatic carbocycles. The van der Waals surface area contributed by atoms with Crippen molar-refractivity contribution in [3.05, 3.63) is 66.7 Å². The van der Waals surface area contributed by atoms with Gasteiger partial charge in [0.2, 0.25) is 0 Å². The highest BCUT2D eigenvalue weighted by atomic mass is 127. The molecule has 0 saturated heterocycles. The number of nitrogens with two attached hydrogens (primary N) is 1. The van der Waals surface area contributed by atoms with Crippen LogP contribution in [0.5, 0.6) is 0 Å². The molecule has 2 aromatic rings. The fraction of sp³-hybridized carbons (Fsp3) is 0.143. The smallest absolute Gasteiger partial charge is 0.0410 e. The zero-order chi connectivity index (χ0) is 13.1. The highest BCUT2D eigenvalue weighted by Crippen LogP contribution is 2.27. The molecule has 0 saturated carbocycles. The maximum Gasteiger partial charge on any atom is 0.0410 e. The molecule has 94 valence electrons. The van der Waals surface area contributed by atoms with Gasteiger partial charge in [0.15, 0.2) is 0 Å². The van der Waals surface area contributed by atoms with E-state index in [1.165, 1.54) is 9.13 Å². The lowest BCUT2D eigenvalue weighted by Gasteiger charge is -2.14. The molecule has 0 bridgehead atoms. The van der Waals surface area contributed by atoms with Crippen molar-refractivity contribution in [1.29, 1.82) is 0 Å². The Kier molecular flexibility index (Phi) is 5.06. The Morgan fingerprint density at radius 1 is 1.17 bits per heavy atom. The lowest BCUT2D eigenvalue weighted by Crippen LogP contribution is -2.14. The Hall–Kier alpha value is -0.100. The highest BCUT2D eigenvalue weighted by molar-refractivity contribution is 14.1. The first-order chi connectivity index (χ1) is 8.56. The normalized spacial score (nSPS) is 12.4. The van der Waals surface area contributed by atoms with Crippen LogP contribution in [0.3, 0.4) is 0 Å². The van der Waals surface area contributed by atoms with Crippen molar-refractivity contribution in [3.8, 4) is 0 Å². The molecule has 2 N–H and O–H groups in total. The van der Waals surface area contributed by atoms with Gasteiger partial charge in [0.1, 0.15) is 0 Å². The number of rotatable bonds is 3. The zero-order valence-corrected chi connectivity index (χ0v) is 14.0. The molecule has 0 aliphatic heterocycles. The van der Waals surface area contributed by atoms with Crippen molar-refractivity contribution in [2.75, 3.05) is 0 Å². The zero-order valence-electron chi connectivity index (χ0n) is 9.54. The molecule has 1 atom stereocenters. The van der Waals surface area contributed by atoms with Gasteiger partial charge in [0, 0.05) is 19.1 Å². The van der Waals surface area contributed by atoms with E-state index in [-0.39, 0.29) is 6.04 Å². The second-order valence-corrected chi connectivity index (χ2v) is 6.64. The molecule has 2 aromatic carbocycles. The summed E-state index contributed by atoms with van der Waals surface area (Å²) in [7, 11) is 0. The quantitative estimate of drug-likeness (QED) is 0.677. The van der Waals surface area contributed by atoms with Crippen LogP contribution >= 0.6 is 50.1 Å². The van der Waals surface area contributed by atoms with Crippen LogP contribution < -0.4 is 5.73 Å². The van der Waals surface area contributed by atoms with Crippen LogP contribution in [-0.2, 0) is 6.42 Å². The Morgan fingerprint density at radius 2 is 1.83 bits per heavy atom. The second kappa shape index (κ2) is 6.37. The van der Waals surface area contributed by atoms with Gasteiger partial charge in [-0.05, 0) is 70.5 Å². The maximum absolute atomic E-state index is 6.24. The summed E-state index contributed by atoms with van der Waals surface area (Å²) >= 11 is 11.8. The van der Waals surface area contributed by atoms with E-state index in [9.17, 15) is 0 Å². The van der Waals surface area contributed by atoms with Gasteiger partial charge in [-0.3, -0.25) is 0 Å². The molecule has 1 nitrogen and oxygen atoms in total. The van der Waals surface area contributed by atoms with E-state index < -0.39 is 0 Å². The largest absolute Gasteiger partial charge is 0.324 e. The van der Waals surface area contributed by atoms with Crippen molar-refractivity contribution in [3.63, 3.8) is 0 Å². The lowest BCUT2D eigenvalue weighted by atomic mass is 10.00. The van der Waals surface area contributed by atoms with E-state index in [2.05, 4.69) is 62.8 Å². The van der Waals surface area contributed by atoms with Crippen LogP contribution in [0.15, 0.2) is 46.9 Å². The van der Waals surface area contributed by atoms with Crippen LogP contribution in [0.2, 0.25) is 5.02 Å². The fourth-order valence-electron chi connectivity index (χ4n) is 1.78. The highest BCUT2D eigenvalue weighted by Gasteiger charge is 2.11. The topological polar surface area (TPSA) is 26.0 Å². The first kappa shape index (κ1) is 14.3. The molecule has 2 rings (SSSR count). The van der Waals surface area contributed by atoms with E-state index in [0.29, 0.717) is 5.02 Å². The van der Waals surface area contributed by atoms with Crippen molar-refractivity contribution in [2.45, 2.75) is 12.5 Å². The summed E-state index contributed by atoms with van der Waals surface area (Å²) in [5, 5.41) is 0.714. The molecule has 4 heteroatoms. The third-order valence-corrected chi connectivity index (χ3v) is 4.40. The van der Waals surface area contributed by atoms with Gasteiger partial charge < -0.3 is 5.73 Å². The van der Waals surface area contributed by atoms with Crippen LogP contribution in [-0.4, -0.2) is 0 Å². The van der Waals surface area contributed by atoms with Crippen molar-refractivity contribution in [2.24, 2.45) is 5.73 Å². The summed E-state index contributed by atoms with van der Waals surface area (Å²) < 4.78 is 2.23. The SMILES string of the molecule is NC(Cc1ccc(I)cc1)c1cc(Cl)ccc1Br. The summed E-state index contributed by atoms with van der Waals surface area (Å²) in [4.78, 5) is 0. The van der Waals surface area contributed by atoms with Gasteiger partial charge in [-0.1, -0.05) is 39.7 Å². The summed E-state index contributed by atoms with van der Waals surface area (Å²) in [6.45, 7) is 0. The van der Waals surface area contributed by atoms with E-state index in [0.717, 1.165) is 16.5 Å². The van der Waals surface area contributed by atoms with Crippen LogP contribution in [0.1, 0.15) is 17.2 Å². The predicted molar refractivity (Wildman–Crippen MR) is 88.9 cm³/mol. The minimum Gasteiger partial charge on any atom is -0.324 e. The minimum atomic E-state index is -0.0573. The Labute approximate surface area is 134 Å². The van der Waals surface area contributed by atoms with Crippen LogP contribution in [0, 0.1) is 3.57 Å². The summed E-state index contributed by atoms with van der Waals surface area (Å²) in [6, 6.07) is 14.1. The number of hydrogen-bond donors (Lipinski definition) is 1. The van der Waals surface area contributed by atoms with E-state index in [1.54, 1.807) is 0 Å². The molecule has 0 aliphatic rings. The van der Waals surface area contributed by atoms with E-state index >= 15 is 0 Å². The Morgan fingerprint density at radius 3 is 2.50 bits per heavy atom. The second-order valence-electron chi connectivity index (χ2n) is 4.10. The third-order valence-electron chi connectivity index (χ3n) is 2.73. The Balaban J connectivity index is 2.18. The average molecular weight is 437 g/mol. The molecular formula is C14H12BrClIN. The molecule has 0 radical (unpaired) electrons. The van der Waals surface area contributed by atoms with Crippen LogP contribution in [0.4, 0.5) is 0 Å². The molecule has 1 unspecified atom stereocenters. The van der Waals surface area contributed by atoms with Gasteiger partial charge in [0.25, 0.3) is 0 Å². The Bertz CT molecular complexity index is 542. The molecule has 0 fully saturated rings. The van der Waals surface area contributed by atoms with Gasteiger partial charge in [-0.2, -0.15) is 0 Å². The third kappa shape index (κ3) is 3.70. The monoisotopic (exact) mass is 435 g/mol. The average Bonchev–Trinajstić information content (AvgIpc) is 2.35. The lowest BCUT2D eigenvalue weighted by molar-refractivity contribution is 0.718. The van der Waals surface area contributed by atoms with Gasteiger partial charge in [-0.25, -0.2) is 0 Å².